The van der Waals surface area contributed by atoms with Gasteiger partial charge in [0.05, 0.1) is 17.1 Å². The standard InChI is InChI=1S/C27H24ClNO3/c1-3-18-10-7-11-20(12-18)29-15-23-25-21(14-24(28)26(23)31-16-29)17(2)22(27(30)32-25)13-19-8-5-4-6-9-19/h4-12,14H,3,13,15-16H2,1-2H3. The van der Waals surface area contributed by atoms with Crippen LogP contribution in [0, 0.1) is 6.92 Å². The monoisotopic (exact) mass is 445 g/mol. The van der Waals surface area contributed by atoms with Gasteiger partial charge in [-0.05, 0) is 48.2 Å². The van der Waals surface area contributed by atoms with E-state index in [0.29, 0.717) is 41.6 Å². The summed E-state index contributed by atoms with van der Waals surface area (Å²) in [7, 11) is 0. The number of fused-ring (bicyclic) bond motifs is 3. The van der Waals surface area contributed by atoms with Gasteiger partial charge < -0.3 is 14.1 Å². The lowest BCUT2D eigenvalue weighted by Crippen LogP contribution is -2.32. The Bertz CT molecular complexity index is 1360. The highest BCUT2D eigenvalue weighted by atomic mass is 35.5. The first-order chi connectivity index (χ1) is 15.5. The molecule has 0 bridgehead atoms. The number of rotatable bonds is 4. The van der Waals surface area contributed by atoms with Crippen molar-refractivity contribution < 1.29 is 9.15 Å². The van der Waals surface area contributed by atoms with Crippen molar-refractivity contribution in [3.63, 3.8) is 0 Å². The molecule has 0 unspecified atom stereocenters. The molecule has 0 N–H and O–H groups in total. The van der Waals surface area contributed by atoms with Crippen molar-refractivity contribution in [1.29, 1.82) is 0 Å². The quantitative estimate of drug-likeness (QED) is 0.347. The van der Waals surface area contributed by atoms with Crippen LogP contribution in [0.5, 0.6) is 5.75 Å². The van der Waals surface area contributed by atoms with Crippen LogP contribution in [0.15, 0.2) is 69.9 Å². The molecular formula is C27H24ClNO3. The Morgan fingerprint density at radius 1 is 1.03 bits per heavy atom. The van der Waals surface area contributed by atoms with Crippen molar-refractivity contribution in [2.24, 2.45) is 0 Å². The first-order valence-electron chi connectivity index (χ1n) is 10.8. The van der Waals surface area contributed by atoms with Gasteiger partial charge >= 0.3 is 5.63 Å². The third-order valence-electron chi connectivity index (χ3n) is 6.20. The average Bonchev–Trinajstić information content (AvgIpc) is 2.83. The van der Waals surface area contributed by atoms with Crippen LogP contribution < -0.4 is 15.3 Å². The van der Waals surface area contributed by atoms with Gasteiger partial charge in [0.2, 0.25) is 0 Å². The third-order valence-corrected chi connectivity index (χ3v) is 6.48. The normalized spacial score (nSPS) is 13.2. The number of nitrogens with zero attached hydrogens (tertiary/aromatic N) is 1. The fraction of sp³-hybridized carbons (Fsp3) is 0.222. The molecule has 0 amide bonds. The molecule has 0 fully saturated rings. The van der Waals surface area contributed by atoms with Crippen LogP contribution in [0.2, 0.25) is 5.02 Å². The minimum atomic E-state index is -0.312. The van der Waals surface area contributed by atoms with Gasteiger partial charge in [-0.1, -0.05) is 61.0 Å². The molecule has 162 valence electrons. The second kappa shape index (κ2) is 8.36. The highest BCUT2D eigenvalue weighted by molar-refractivity contribution is 6.33. The van der Waals surface area contributed by atoms with E-state index in [2.05, 4.69) is 36.1 Å². The predicted molar refractivity (Wildman–Crippen MR) is 129 cm³/mol. The van der Waals surface area contributed by atoms with Gasteiger partial charge in [-0.15, -0.1) is 0 Å². The fourth-order valence-electron chi connectivity index (χ4n) is 4.35. The summed E-state index contributed by atoms with van der Waals surface area (Å²) in [6, 6.07) is 20.2. The largest absolute Gasteiger partial charge is 0.471 e. The number of halogens is 1. The molecule has 0 aliphatic carbocycles. The van der Waals surface area contributed by atoms with Crippen LogP contribution in [-0.2, 0) is 19.4 Å². The maximum Gasteiger partial charge on any atom is 0.340 e. The molecule has 3 aromatic carbocycles. The summed E-state index contributed by atoms with van der Waals surface area (Å²) in [5.74, 6) is 0.598. The Labute approximate surface area is 192 Å². The van der Waals surface area contributed by atoms with Gasteiger partial charge in [-0.2, -0.15) is 0 Å². The van der Waals surface area contributed by atoms with Crippen LogP contribution in [0.4, 0.5) is 5.69 Å². The Morgan fingerprint density at radius 2 is 1.81 bits per heavy atom. The third kappa shape index (κ3) is 3.65. The molecule has 5 rings (SSSR count). The van der Waals surface area contributed by atoms with Crippen molar-refractivity contribution in [1.82, 2.24) is 0 Å². The van der Waals surface area contributed by atoms with Crippen molar-refractivity contribution in [2.45, 2.75) is 33.2 Å². The summed E-state index contributed by atoms with van der Waals surface area (Å²) in [5, 5.41) is 1.39. The predicted octanol–water partition coefficient (Wildman–Crippen LogP) is 6.26. The Morgan fingerprint density at radius 3 is 2.59 bits per heavy atom. The van der Waals surface area contributed by atoms with E-state index in [1.54, 1.807) is 0 Å². The number of anilines is 1. The molecule has 0 saturated carbocycles. The molecule has 1 aliphatic heterocycles. The smallest absolute Gasteiger partial charge is 0.340 e. The summed E-state index contributed by atoms with van der Waals surface area (Å²) in [6.45, 7) is 5.05. The van der Waals surface area contributed by atoms with E-state index >= 15 is 0 Å². The van der Waals surface area contributed by atoms with Gasteiger partial charge in [-0.3, -0.25) is 0 Å². The SMILES string of the molecule is CCc1cccc(N2COc3c(Cl)cc4c(C)c(Cc5ccccc5)c(=O)oc4c3C2)c1. The second-order valence-corrected chi connectivity index (χ2v) is 8.60. The molecule has 32 heavy (non-hydrogen) atoms. The fourth-order valence-corrected chi connectivity index (χ4v) is 4.63. The van der Waals surface area contributed by atoms with Gasteiger partial charge in [0.15, 0.2) is 6.73 Å². The van der Waals surface area contributed by atoms with Gasteiger partial charge in [0.25, 0.3) is 0 Å². The van der Waals surface area contributed by atoms with E-state index in [1.165, 1.54) is 5.56 Å². The van der Waals surface area contributed by atoms with Crippen molar-refractivity contribution in [3.8, 4) is 5.75 Å². The van der Waals surface area contributed by atoms with E-state index in [0.717, 1.165) is 34.2 Å². The van der Waals surface area contributed by atoms with E-state index in [4.69, 9.17) is 20.8 Å². The molecule has 2 heterocycles. The Balaban J connectivity index is 1.61. The molecule has 1 aliphatic rings. The van der Waals surface area contributed by atoms with E-state index in [-0.39, 0.29) is 5.63 Å². The van der Waals surface area contributed by atoms with Gasteiger partial charge in [0.1, 0.15) is 11.3 Å². The van der Waals surface area contributed by atoms with Crippen LogP contribution in [-0.4, -0.2) is 6.73 Å². The van der Waals surface area contributed by atoms with Gasteiger partial charge in [0, 0.05) is 23.1 Å². The van der Waals surface area contributed by atoms with Crippen LogP contribution in [0.1, 0.15) is 34.7 Å². The minimum Gasteiger partial charge on any atom is -0.471 e. The molecule has 4 aromatic rings. The first kappa shape index (κ1) is 20.7. The molecular weight excluding hydrogens is 422 g/mol. The average molecular weight is 446 g/mol. The zero-order valence-electron chi connectivity index (χ0n) is 18.2. The maximum absolute atomic E-state index is 13.0. The zero-order chi connectivity index (χ0) is 22.2. The molecule has 4 nitrogen and oxygen atoms in total. The highest BCUT2D eigenvalue weighted by Gasteiger charge is 2.26. The number of hydrogen-bond donors (Lipinski definition) is 0. The Hall–Kier alpha value is -3.24. The molecule has 0 atom stereocenters. The summed E-state index contributed by atoms with van der Waals surface area (Å²) in [4.78, 5) is 15.1. The summed E-state index contributed by atoms with van der Waals surface area (Å²) in [5.41, 5.74) is 6.01. The number of aryl methyl sites for hydroxylation is 2. The van der Waals surface area contributed by atoms with Crippen LogP contribution in [0.25, 0.3) is 11.0 Å². The van der Waals surface area contributed by atoms with Crippen LogP contribution >= 0.6 is 11.6 Å². The lowest BCUT2D eigenvalue weighted by molar-refractivity contribution is 0.289. The summed E-state index contributed by atoms with van der Waals surface area (Å²) in [6.07, 6.45) is 1.48. The number of benzene rings is 3. The minimum absolute atomic E-state index is 0.312. The van der Waals surface area contributed by atoms with E-state index in [9.17, 15) is 4.79 Å². The molecule has 0 saturated heterocycles. The van der Waals surface area contributed by atoms with Gasteiger partial charge in [-0.25, -0.2) is 4.79 Å². The van der Waals surface area contributed by atoms with Crippen molar-refractivity contribution in [3.05, 3.63) is 104 Å². The first-order valence-corrected chi connectivity index (χ1v) is 11.2. The number of ether oxygens (including phenoxy) is 1. The lowest BCUT2D eigenvalue weighted by Gasteiger charge is -2.32. The molecule has 1 aromatic heterocycles. The van der Waals surface area contributed by atoms with Crippen molar-refractivity contribution >= 4 is 28.3 Å². The number of hydrogen-bond acceptors (Lipinski definition) is 4. The van der Waals surface area contributed by atoms with Crippen molar-refractivity contribution in [2.75, 3.05) is 11.6 Å². The van der Waals surface area contributed by atoms with E-state index < -0.39 is 0 Å². The second-order valence-electron chi connectivity index (χ2n) is 8.19. The Kier molecular flexibility index (Phi) is 5.40. The summed E-state index contributed by atoms with van der Waals surface area (Å²) < 4.78 is 11.9. The molecule has 5 heteroatoms. The topological polar surface area (TPSA) is 42.7 Å². The zero-order valence-corrected chi connectivity index (χ0v) is 18.9. The van der Waals surface area contributed by atoms with E-state index in [1.807, 2.05) is 43.3 Å². The molecule has 0 spiro atoms. The van der Waals surface area contributed by atoms with Crippen LogP contribution in [0.3, 0.4) is 0 Å². The lowest BCUT2D eigenvalue weighted by atomic mass is 9.97. The molecule has 0 radical (unpaired) electrons. The summed E-state index contributed by atoms with van der Waals surface area (Å²) >= 11 is 6.62. The highest BCUT2D eigenvalue weighted by Crippen LogP contribution is 2.40. The maximum atomic E-state index is 13.0.